The number of benzene rings is 1. The number of nitrogens with zero attached hydrogens (tertiary/aromatic N) is 5. The Balaban J connectivity index is 0. The minimum Gasteiger partial charge on any atom is -0.776 e. The monoisotopic (exact) mass is 840 g/mol. The SMILES string of the molecule is CN(CCCOc1cc(/C=N/NP(=O)(N(CCCl)CCCl)N(CCCl)CCCl)ccc1[N+](=O)[O-])CCC(O)(P(=O)([O-])O)P(=O)([O-])O.[Na+].[Na+]. The summed E-state index contributed by atoms with van der Waals surface area (Å²) in [5, 5.41) is 24.5. The normalized spacial score (nSPS) is 15.8. The number of ether oxygens (including phenoxy) is 1. The largest absolute Gasteiger partial charge is 1.00 e. The molecule has 0 spiro atoms. The van der Waals surface area contributed by atoms with Crippen molar-refractivity contribution < 1.29 is 107 Å². The summed E-state index contributed by atoms with van der Waals surface area (Å²) in [6.45, 7) is 0.520. The van der Waals surface area contributed by atoms with E-state index in [1.165, 1.54) is 36.4 Å². The number of alkyl halides is 4. The molecule has 26 heteroatoms. The van der Waals surface area contributed by atoms with E-state index in [4.69, 9.17) is 60.9 Å². The summed E-state index contributed by atoms with van der Waals surface area (Å²) in [4.78, 5) is 53.3. The van der Waals surface area contributed by atoms with Crippen molar-refractivity contribution in [2.45, 2.75) is 17.9 Å². The van der Waals surface area contributed by atoms with Crippen molar-refractivity contribution in [3.63, 3.8) is 0 Å². The van der Waals surface area contributed by atoms with Crippen LogP contribution in [0.15, 0.2) is 23.3 Å². The van der Waals surface area contributed by atoms with Gasteiger partial charge in [0.05, 0.1) is 17.7 Å². The van der Waals surface area contributed by atoms with Crippen LogP contribution in [-0.2, 0) is 13.7 Å². The second kappa shape index (κ2) is 24.7. The fraction of sp³-hybridized carbons (Fsp3) is 0.682. The molecule has 2 unspecified atom stereocenters. The minimum atomic E-state index is -5.89. The van der Waals surface area contributed by atoms with Crippen LogP contribution in [0.1, 0.15) is 18.4 Å². The first-order valence-electron chi connectivity index (χ1n) is 13.5. The number of hydrazone groups is 1. The molecular weight excluding hydrogens is 805 g/mol. The number of halogens is 4. The Labute approximate surface area is 343 Å². The molecule has 0 aliphatic carbocycles. The molecule has 17 nitrogen and oxygen atoms in total. The van der Waals surface area contributed by atoms with E-state index >= 15 is 0 Å². The van der Waals surface area contributed by atoms with Crippen LogP contribution in [0.4, 0.5) is 5.69 Å². The average Bonchev–Trinajstić information content (AvgIpc) is 2.96. The van der Waals surface area contributed by atoms with E-state index < -0.39 is 39.2 Å². The molecule has 0 heterocycles. The Hall–Kier alpha value is 1.42. The molecule has 0 bridgehead atoms. The van der Waals surface area contributed by atoms with Crippen LogP contribution in [0.5, 0.6) is 5.75 Å². The van der Waals surface area contributed by atoms with Crippen LogP contribution in [0.2, 0.25) is 0 Å². The molecule has 0 saturated heterocycles. The Morgan fingerprint density at radius 3 is 1.83 bits per heavy atom. The van der Waals surface area contributed by atoms with Crippen LogP contribution in [0.3, 0.4) is 0 Å². The molecule has 266 valence electrons. The summed E-state index contributed by atoms with van der Waals surface area (Å²) in [5.41, 5.74) is -0.0149. The summed E-state index contributed by atoms with van der Waals surface area (Å²) in [6.07, 6.45) is 0.437. The summed E-state index contributed by atoms with van der Waals surface area (Å²) in [6, 6.07) is 3.92. The minimum absolute atomic E-state index is 0. The molecule has 0 amide bonds. The van der Waals surface area contributed by atoms with Crippen molar-refractivity contribution in [3.8, 4) is 5.75 Å². The summed E-state index contributed by atoms with van der Waals surface area (Å²) < 4.78 is 45.6. The molecule has 0 fully saturated rings. The van der Waals surface area contributed by atoms with E-state index in [0.717, 1.165) is 0 Å². The number of nitrogens with one attached hydrogen (secondary N) is 1. The van der Waals surface area contributed by atoms with E-state index in [1.807, 2.05) is 0 Å². The van der Waals surface area contributed by atoms with Crippen molar-refractivity contribution in [2.75, 3.05) is 76.4 Å². The van der Waals surface area contributed by atoms with E-state index in [0.29, 0.717) is 5.56 Å². The van der Waals surface area contributed by atoms with E-state index in [1.54, 1.807) is 9.34 Å². The Morgan fingerprint density at radius 1 is 0.938 bits per heavy atom. The second-order valence-electron chi connectivity index (χ2n) is 9.62. The van der Waals surface area contributed by atoms with Gasteiger partial charge in [0.25, 0.3) is 0 Å². The van der Waals surface area contributed by atoms with Gasteiger partial charge in [-0.2, -0.15) is 5.10 Å². The van der Waals surface area contributed by atoms with Gasteiger partial charge < -0.3 is 43.4 Å². The number of nitro groups is 1. The maximum absolute atomic E-state index is 14.2. The predicted molar refractivity (Wildman–Crippen MR) is 174 cm³/mol. The first kappa shape index (κ1) is 51.5. The zero-order chi connectivity index (χ0) is 35.2. The summed E-state index contributed by atoms with van der Waals surface area (Å²) >= 11 is 23.7. The number of hydrogen-bond donors (Lipinski definition) is 4. The van der Waals surface area contributed by atoms with Gasteiger partial charge in [-0.15, -0.1) is 46.4 Å². The van der Waals surface area contributed by atoms with Crippen LogP contribution in [0.25, 0.3) is 0 Å². The first-order chi connectivity index (χ1) is 21.4. The molecule has 1 aromatic carbocycles. The van der Waals surface area contributed by atoms with Gasteiger partial charge >= 0.3 is 72.4 Å². The zero-order valence-electron chi connectivity index (χ0n) is 26.7. The Bertz CT molecular complexity index is 1250. The van der Waals surface area contributed by atoms with Crippen LogP contribution < -0.4 is 78.8 Å². The van der Waals surface area contributed by atoms with E-state index in [-0.39, 0.29) is 146 Å². The van der Waals surface area contributed by atoms with E-state index in [9.17, 15) is 38.7 Å². The molecule has 0 saturated carbocycles. The Kier molecular flexibility index (Phi) is 26.5. The van der Waals surface area contributed by atoms with Gasteiger partial charge in [0.15, 0.2) is 26.0 Å². The smallest absolute Gasteiger partial charge is 0.776 e. The van der Waals surface area contributed by atoms with E-state index in [2.05, 4.69) is 10.3 Å². The third-order valence-electron chi connectivity index (χ3n) is 6.40. The number of nitro benzene ring substituents is 1. The van der Waals surface area contributed by atoms with Crippen LogP contribution in [0, 0.1) is 10.1 Å². The van der Waals surface area contributed by atoms with Gasteiger partial charge in [-0.1, -0.05) is 0 Å². The van der Waals surface area contributed by atoms with Crippen molar-refractivity contribution in [3.05, 3.63) is 33.9 Å². The molecular formula is C22H37Cl4N6Na2O11P3. The molecule has 0 radical (unpaired) electrons. The van der Waals surface area contributed by atoms with Gasteiger partial charge in [0.2, 0.25) is 0 Å². The fourth-order valence-electron chi connectivity index (χ4n) is 3.93. The van der Waals surface area contributed by atoms with Gasteiger partial charge in [-0.25, -0.2) is 14.5 Å². The molecule has 0 aliphatic rings. The maximum Gasteiger partial charge on any atom is 1.00 e. The van der Waals surface area contributed by atoms with Gasteiger partial charge in [0, 0.05) is 75.3 Å². The Morgan fingerprint density at radius 2 is 1.42 bits per heavy atom. The zero-order valence-corrected chi connectivity index (χ0v) is 36.4. The molecule has 0 aromatic heterocycles. The number of rotatable bonds is 24. The topological polar surface area (TPSA) is 244 Å². The molecule has 0 aliphatic heterocycles. The summed E-state index contributed by atoms with van der Waals surface area (Å²) in [5.74, 6) is 0.487. The third-order valence-corrected chi connectivity index (χ3v) is 13.6. The molecule has 2 atom stereocenters. The van der Waals surface area contributed by atoms with Crippen molar-refractivity contribution in [2.24, 2.45) is 5.10 Å². The number of aliphatic hydroxyl groups is 1. The van der Waals surface area contributed by atoms with Crippen LogP contribution >= 0.6 is 69.2 Å². The van der Waals surface area contributed by atoms with Crippen molar-refractivity contribution >= 4 is 81.1 Å². The first-order valence-corrected chi connectivity index (χ1v) is 20.4. The maximum atomic E-state index is 14.2. The van der Waals surface area contributed by atoms with Gasteiger partial charge in [-0.05, 0) is 31.2 Å². The predicted octanol–water partition coefficient (Wildman–Crippen LogP) is -3.98. The van der Waals surface area contributed by atoms with Gasteiger partial charge in [0.1, 0.15) is 0 Å². The standard InChI is InChI=1S/C22H39Cl4N6O11P3.2Na/c1-29(11-5-22(33,44(36,37)38)45(39,40)41)10-2-16-43-21-17-19(3-4-20(21)32(34)35)18-27-28-46(42,30(12-6-23)13-7-24)31(14-8-25)15-9-26;;/h3-4,17-18,33H,2,5-16H2,1H3,(H,28,42)(H2,36,37,38)(H2,39,40,41);;/q;2*+1/p-2/b27-18+;;. The van der Waals surface area contributed by atoms with Crippen LogP contribution in [-0.4, -0.2) is 122 Å². The fourth-order valence-corrected chi connectivity index (χ4v) is 9.56. The number of hydrogen-bond acceptors (Lipinski definition) is 11. The molecule has 48 heavy (non-hydrogen) atoms. The molecule has 4 N–H and O–H groups in total. The average molecular weight is 842 g/mol. The summed E-state index contributed by atoms with van der Waals surface area (Å²) in [7, 11) is -14.0. The molecule has 1 rings (SSSR count). The van der Waals surface area contributed by atoms with Crippen molar-refractivity contribution in [1.82, 2.24) is 19.4 Å². The second-order valence-corrected chi connectivity index (χ2v) is 17.5. The van der Waals surface area contributed by atoms with Crippen molar-refractivity contribution in [1.29, 1.82) is 0 Å². The molecule has 1 aromatic rings. The quantitative estimate of drug-likeness (QED) is 0.0148. The third kappa shape index (κ3) is 15.8. The van der Waals surface area contributed by atoms with Gasteiger partial charge in [-0.3, -0.25) is 14.7 Å².